The van der Waals surface area contributed by atoms with Crippen molar-refractivity contribution < 1.29 is 14.3 Å². The number of hydrogen-bond donors (Lipinski definition) is 0. The first-order valence-corrected chi connectivity index (χ1v) is 6.76. The fourth-order valence-corrected chi connectivity index (χ4v) is 2.54. The third-order valence-electron chi connectivity index (χ3n) is 3.95. The summed E-state index contributed by atoms with van der Waals surface area (Å²) >= 11 is 0. The molecule has 0 atom stereocenters. The van der Waals surface area contributed by atoms with Crippen LogP contribution in [0.4, 0.5) is 5.69 Å². The Morgan fingerprint density at radius 1 is 1.32 bits per heavy atom. The van der Waals surface area contributed by atoms with Crippen LogP contribution in [0.2, 0.25) is 0 Å². The van der Waals surface area contributed by atoms with Crippen LogP contribution in [0.3, 0.4) is 0 Å². The van der Waals surface area contributed by atoms with E-state index in [1.54, 1.807) is 23.1 Å². The first-order chi connectivity index (χ1) is 9.16. The van der Waals surface area contributed by atoms with Crippen molar-refractivity contribution in [3.05, 3.63) is 23.8 Å². The number of carbonyl (C=O) groups is 2. The molecule has 100 valence electrons. The number of carbonyl (C=O) groups excluding carboxylic acids is 2. The number of ketones is 1. The third kappa shape index (κ3) is 2.11. The Morgan fingerprint density at radius 2 is 2.11 bits per heavy atom. The number of fused-ring (bicyclic) bond motifs is 1. The molecule has 19 heavy (non-hydrogen) atoms. The minimum absolute atomic E-state index is 0.00409. The molecule has 0 aromatic heterocycles. The summed E-state index contributed by atoms with van der Waals surface area (Å²) in [4.78, 5) is 25.7. The standard InChI is InChI=1S/C15H17NO3/c1-10(17)12-5-6-14-13(9-12)16(7-8-19-14)15(18)11-3-2-4-11/h5-6,9,11H,2-4,7-8H2,1H3. The quantitative estimate of drug-likeness (QED) is 0.766. The zero-order valence-electron chi connectivity index (χ0n) is 11.0. The molecule has 1 aliphatic heterocycles. The van der Waals surface area contributed by atoms with Gasteiger partial charge in [0.15, 0.2) is 5.78 Å². The monoisotopic (exact) mass is 259 g/mol. The van der Waals surface area contributed by atoms with E-state index in [9.17, 15) is 9.59 Å². The average molecular weight is 259 g/mol. The van der Waals surface area contributed by atoms with Gasteiger partial charge >= 0.3 is 0 Å². The van der Waals surface area contributed by atoms with Crippen molar-refractivity contribution in [1.29, 1.82) is 0 Å². The number of Topliss-reactive ketones (excluding diaryl/α,β-unsaturated/α-hetero) is 1. The number of hydrogen-bond acceptors (Lipinski definition) is 3. The highest BCUT2D eigenvalue weighted by Crippen LogP contribution is 2.36. The van der Waals surface area contributed by atoms with Gasteiger partial charge in [-0.1, -0.05) is 6.42 Å². The Labute approximate surface area is 112 Å². The summed E-state index contributed by atoms with van der Waals surface area (Å²) in [7, 11) is 0. The van der Waals surface area contributed by atoms with Crippen LogP contribution in [0.1, 0.15) is 36.5 Å². The molecule has 4 heteroatoms. The van der Waals surface area contributed by atoms with Gasteiger partial charge in [-0.3, -0.25) is 9.59 Å². The molecule has 4 nitrogen and oxygen atoms in total. The van der Waals surface area contributed by atoms with E-state index < -0.39 is 0 Å². The normalized spacial score (nSPS) is 18.3. The van der Waals surface area contributed by atoms with Crippen molar-refractivity contribution in [2.75, 3.05) is 18.1 Å². The number of benzene rings is 1. The van der Waals surface area contributed by atoms with Crippen LogP contribution in [-0.4, -0.2) is 24.8 Å². The first-order valence-electron chi connectivity index (χ1n) is 6.76. The van der Waals surface area contributed by atoms with E-state index in [0.29, 0.717) is 24.5 Å². The van der Waals surface area contributed by atoms with E-state index in [1.807, 2.05) is 0 Å². The van der Waals surface area contributed by atoms with Crippen LogP contribution < -0.4 is 9.64 Å². The van der Waals surface area contributed by atoms with E-state index in [0.717, 1.165) is 24.9 Å². The highest BCUT2D eigenvalue weighted by atomic mass is 16.5. The van der Waals surface area contributed by atoms with Gasteiger partial charge in [-0.15, -0.1) is 0 Å². The fraction of sp³-hybridized carbons (Fsp3) is 0.467. The summed E-state index contributed by atoms with van der Waals surface area (Å²) in [6.45, 7) is 2.62. The van der Waals surface area contributed by atoms with Crippen molar-refractivity contribution >= 4 is 17.4 Å². The lowest BCUT2D eigenvalue weighted by molar-refractivity contribution is -0.125. The van der Waals surface area contributed by atoms with Gasteiger partial charge in [-0.2, -0.15) is 0 Å². The molecule has 1 aliphatic carbocycles. The Hall–Kier alpha value is -1.84. The maximum Gasteiger partial charge on any atom is 0.230 e. The van der Waals surface area contributed by atoms with E-state index in [2.05, 4.69) is 0 Å². The van der Waals surface area contributed by atoms with Crippen LogP contribution in [0.15, 0.2) is 18.2 Å². The molecule has 0 bridgehead atoms. The van der Waals surface area contributed by atoms with Crippen molar-refractivity contribution in [3.8, 4) is 5.75 Å². The molecule has 1 aromatic carbocycles. The average Bonchev–Trinajstić information content (AvgIpc) is 2.35. The second kappa shape index (κ2) is 4.68. The van der Waals surface area contributed by atoms with Crippen molar-refractivity contribution in [3.63, 3.8) is 0 Å². The van der Waals surface area contributed by atoms with Crippen molar-refractivity contribution in [2.24, 2.45) is 5.92 Å². The molecule has 1 amide bonds. The smallest absolute Gasteiger partial charge is 0.230 e. The van der Waals surface area contributed by atoms with Crippen molar-refractivity contribution in [2.45, 2.75) is 26.2 Å². The van der Waals surface area contributed by atoms with Gasteiger partial charge in [0.05, 0.1) is 12.2 Å². The van der Waals surface area contributed by atoms with Gasteiger partial charge in [0.2, 0.25) is 5.91 Å². The van der Waals surface area contributed by atoms with Gasteiger partial charge in [0, 0.05) is 11.5 Å². The predicted molar refractivity (Wildman–Crippen MR) is 71.6 cm³/mol. The molecule has 1 heterocycles. The Morgan fingerprint density at radius 3 is 2.74 bits per heavy atom. The van der Waals surface area contributed by atoms with Crippen molar-refractivity contribution in [1.82, 2.24) is 0 Å². The maximum atomic E-state index is 12.4. The number of nitrogens with zero attached hydrogens (tertiary/aromatic N) is 1. The SMILES string of the molecule is CC(=O)c1ccc2c(c1)N(C(=O)C1CCC1)CCO2. The predicted octanol–water partition coefficient (Wildman–Crippen LogP) is 2.41. The van der Waals surface area contributed by atoms with Crippen LogP contribution in [0.25, 0.3) is 0 Å². The van der Waals surface area contributed by atoms with E-state index in [-0.39, 0.29) is 17.6 Å². The summed E-state index contributed by atoms with van der Waals surface area (Å²) in [5.41, 5.74) is 1.37. The lowest BCUT2D eigenvalue weighted by atomic mass is 9.84. The zero-order chi connectivity index (χ0) is 13.4. The minimum Gasteiger partial charge on any atom is -0.490 e. The van der Waals surface area contributed by atoms with E-state index in [1.165, 1.54) is 6.92 Å². The number of anilines is 1. The van der Waals surface area contributed by atoms with Crippen LogP contribution in [0, 0.1) is 5.92 Å². The molecular formula is C15H17NO3. The van der Waals surface area contributed by atoms with Crippen LogP contribution in [0.5, 0.6) is 5.75 Å². The second-order valence-corrected chi connectivity index (χ2v) is 5.20. The van der Waals surface area contributed by atoms with Gasteiger partial charge < -0.3 is 9.64 Å². The van der Waals surface area contributed by atoms with E-state index >= 15 is 0 Å². The topological polar surface area (TPSA) is 46.6 Å². The third-order valence-corrected chi connectivity index (χ3v) is 3.95. The second-order valence-electron chi connectivity index (χ2n) is 5.20. The Kier molecular flexibility index (Phi) is 3.01. The number of ether oxygens (including phenoxy) is 1. The molecule has 0 unspecified atom stereocenters. The number of amides is 1. The maximum absolute atomic E-state index is 12.4. The van der Waals surface area contributed by atoms with Gasteiger partial charge in [0.1, 0.15) is 12.4 Å². The molecular weight excluding hydrogens is 242 g/mol. The summed E-state index contributed by atoms with van der Waals surface area (Å²) in [6, 6.07) is 5.30. The van der Waals surface area contributed by atoms with Gasteiger partial charge in [-0.05, 0) is 38.0 Å². The Bertz CT molecular complexity index is 534. The molecule has 2 aliphatic rings. The lowest BCUT2D eigenvalue weighted by Gasteiger charge is -2.35. The summed E-state index contributed by atoms with van der Waals surface area (Å²) in [5, 5.41) is 0. The first kappa shape index (κ1) is 12.2. The lowest BCUT2D eigenvalue weighted by Crippen LogP contribution is -2.43. The molecule has 1 fully saturated rings. The van der Waals surface area contributed by atoms with Gasteiger partial charge in [-0.25, -0.2) is 0 Å². The minimum atomic E-state index is 0.00409. The molecule has 1 saturated carbocycles. The largest absolute Gasteiger partial charge is 0.490 e. The molecule has 0 radical (unpaired) electrons. The summed E-state index contributed by atoms with van der Waals surface area (Å²) in [6.07, 6.45) is 3.11. The molecule has 3 rings (SSSR count). The zero-order valence-corrected chi connectivity index (χ0v) is 11.0. The Balaban J connectivity index is 1.95. The molecule has 0 spiro atoms. The molecule has 1 aromatic rings. The van der Waals surface area contributed by atoms with E-state index in [4.69, 9.17) is 4.74 Å². The molecule has 0 N–H and O–H groups in total. The highest BCUT2D eigenvalue weighted by molar-refractivity contribution is 6.00. The summed E-state index contributed by atoms with van der Waals surface area (Å²) in [5.74, 6) is 1.04. The molecule has 0 saturated heterocycles. The van der Waals surface area contributed by atoms with Gasteiger partial charge in [0.25, 0.3) is 0 Å². The van der Waals surface area contributed by atoms with Crippen LogP contribution >= 0.6 is 0 Å². The summed E-state index contributed by atoms with van der Waals surface area (Å²) < 4.78 is 5.56. The van der Waals surface area contributed by atoms with Crippen LogP contribution in [-0.2, 0) is 4.79 Å². The highest BCUT2D eigenvalue weighted by Gasteiger charge is 2.33. The fourth-order valence-electron chi connectivity index (χ4n) is 2.54. The number of rotatable bonds is 2.